The molecular formula is C31H31N5O3S. The molecule has 40 heavy (non-hydrogen) atoms. The van der Waals surface area contributed by atoms with Gasteiger partial charge in [0.15, 0.2) is 5.11 Å². The average Bonchev–Trinajstić information content (AvgIpc) is 3.43. The van der Waals surface area contributed by atoms with Crippen molar-refractivity contribution in [3.8, 4) is 5.69 Å². The lowest BCUT2D eigenvalue weighted by Crippen LogP contribution is -2.33. The van der Waals surface area contributed by atoms with Crippen LogP contribution in [0, 0.1) is 20.8 Å². The molecule has 0 spiro atoms. The molecule has 2 aromatic carbocycles. The third-order valence-corrected chi connectivity index (χ3v) is 7.69. The van der Waals surface area contributed by atoms with E-state index in [0.717, 1.165) is 39.6 Å². The van der Waals surface area contributed by atoms with Crippen molar-refractivity contribution in [3.05, 3.63) is 113 Å². The molecule has 3 heterocycles. The van der Waals surface area contributed by atoms with E-state index in [1.54, 1.807) is 24.4 Å². The van der Waals surface area contributed by atoms with Crippen LogP contribution in [-0.4, -0.2) is 43.1 Å². The van der Waals surface area contributed by atoms with Gasteiger partial charge in [-0.25, -0.2) is 4.79 Å². The Morgan fingerprint density at radius 3 is 2.52 bits per heavy atom. The van der Waals surface area contributed by atoms with Crippen LogP contribution in [0.2, 0.25) is 0 Å². The van der Waals surface area contributed by atoms with Gasteiger partial charge in [0.25, 0.3) is 0 Å². The van der Waals surface area contributed by atoms with Crippen molar-refractivity contribution >= 4 is 34.9 Å². The van der Waals surface area contributed by atoms with Crippen LogP contribution >= 0.6 is 12.2 Å². The van der Waals surface area contributed by atoms with Gasteiger partial charge in [-0.3, -0.25) is 9.78 Å². The van der Waals surface area contributed by atoms with Gasteiger partial charge >= 0.3 is 5.97 Å². The Morgan fingerprint density at radius 1 is 1.02 bits per heavy atom. The van der Waals surface area contributed by atoms with Crippen molar-refractivity contribution < 1.29 is 14.7 Å². The Bertz CT molecular complexity index is 1580. The maximum absolute atomic E-state index is 13.0. The summed E-state index contributed by atoms with van der Waals surface area (Å²) >= 11 is 5.80. The van der Waals surface area contributed by atoms with Crippen LogP contribution < -0.4 is 10.6 Å². The minimum Gasteiger partial charge on any atom is -0.478 e. The molecule has 1 aliphatic rings. The second-order valence-electron chi connectivity index (χ2n) is 9.95. The Morgan fingerprint density at radius 2 is 1.80 bits per heavy atom. The Balaban J connectivity index is 1.49. The van der Waals surface area contributed by atoms with Gasteiger partial charge in [-0.1, -0.05) is 30.3 Å². The van der Waals surface area contributed by atoms with E-state index in [1.807, 2.05) is 69.3 Å². The molecule has 4 aromatic rings. The second-order valence-corrected chi connectivity index (χ2v) is 10.3. The van der Waals surface area contributed by atoms with Crippen molar-refractivity contribution in [2.45, 2.75) is 39.3 Å². The number of aromatic carboxylic acids is 1. The summed E-state index contributed by atoms with van der Waals surface area (Å²) in [6, 6.07) is 22.1. The van der Waals surface area contributed by atoms with Gasteiger partial charge in [-0.05, 0) is 86.6 Å². The number of carbonyl (C=O) groups is 2. The van der Waals surface area contributed by atoms with E-state index in [-0.39, 0.29) is 30.0 Å². The standard InChI is InChI=1S/C31H31N5O3S/c1-19-9-4-5-12-25(19)33-27(37)14-16-35-29(28(34-31(35)40)26-13-6-7-15-32-26)24-17-20(2)36(21(24)3)23-11-8-10-22(18-23)30(38)39/h4-13,15,17-18,28-29H,14,16H2,1-3H3,(H,33,37)(H,34,40)(H,38,39)/t28-,29-/m1/s1. The van der Waals surface area contributed by atoms with E-state index in [9.17, 15) is 14.7 Å². The van der Waals surface area contributed by atoms with Gasteiger partial charge in [0.05, 0.1) is 23.3 Å². The molecule has 0 bridgehead atoms. The van der Waals surface area contributed by atoms with Gasteiger partial charge in [0.1, 0.15) is 0 Å². The second kappa shape index (κ2) is 11.3. The zero-order chi connectivity index (χ0) is 28.4. The number of hydrogen-bond donors (Lipinski definition) is 3. The first-order valence-corrected chi connectivity index (χ1v) is 13.5. The number of hydrogen-bond acceptors (Lipinski definition) is 4. The summed E-state index contributed by atoms with van der Waals surface area (Å²) in [6.45, 7) is 6.40. The zero-order valence-corrected chi connectivity index (χ0v) is 23.4. The highest BCUT2D eigenvalue weighted by Crippen LogP contribution is 2.41. The van der Waals surface area contributed by atoms with Crippen LogP contribution in [0.5, 0.6) is 0 Å². The molecule has 3 N–H and O–H groups in total. The molecule has 0 radical (unpaired) electrons. The highest BCUT2D eigenvalue weighted by molar-refractivity contribution is 7.80. The number of thiocarbonyl (C=S) groups is 1. The molecule has 2 atom stereocenters. The highest BCUT2D eigenvalue weighted by Gasteiger charge is 2.41. The topological polar surface area (TPSA) is 99.5 Å². The number of aromatic nitrogens is 2. The lowest BCUT2D eigenvalue weighted by molar-refractivity contribution is -0.116. The Kier molecular flexibility index (Phi) is 7.66. The number of nitrogens with one attached hydrogen (secondary N) is 2. The molecule has 1 fully saturated rings. The average molecular weight is 554 g/mol. The van der Waals surface area contributed by atoms with E-state index in [2.05, 4.69) is 31.2 Å². The lowest BCUT2D eigenvalue weighted by atomic mass is 9.96. The Labute approximate surface area is 238 Å². The van der Waals surface area contributed by atoms with Crippen LogP contribution in [0.4, 0.5) is 5.69 Å². The van der Waals surface area contributed by atoms with Gasteiger partial charge in [-0.15, -0.1) is 0 Å². The minimum absolute atomic E-state index is 0.0897. The van der Waals surface area contributed by atoms with Crippen molar-refractivity contribution in [3.63, 3.8) is 0 Å². The maximum atomic E-state index is 13.0. The van der Waals surface area contributed by atoms with E-state index in [4.69, 9.17) is 12.2 Å². The number of aryl methyl sites for hydroxylation is 2. The van der Waals surface area contributed by atoms with Crippen molar-refractivity contribution in [2.24, 2.45) is 0 Å². The molecule has 0 aliphatic carbocycles. The maximum Gasteiger partial charge on any atom is 0.335 e. The minimum atomic E-state index is -0.972. The number of carboxylic acids is 1. The monoisotopic (exact) mass is 553 g/mol. The summed E-state index contributed by atoms with van der Waals surface area (Å²) in [6.07, 6.45) is 2.01. The summed E-state index contributed by atoms with van der Waals surface area (Å²) in [4.78, 5) is 31.3. The molecule has 204 valence electrons. The molecule has 8 nitrogen and oxygen atoms in total. The number of pyridine rings is 1. The molecule has 9 heteroatoms. The van der Waals surface area contributed by atoms with Crippen LogP contribution in [0.15, 0.2) is 79.0 Å². The van der Waals surface area contributed by atoms with Crippen LogP contribution in [0.3, 0.4) is 0 Å². The number of para-hydroxylation sites is 1. The van der Waals surface area contributed by atoms with Crippen molar-refractivity contribution in [1.29, 1.82) is 0 Å². The quantitative estimate of drug-likeness (QED) is 0.248. The largest absolute Gasteiger partial charge is 0.478 e. The Hall–Kier alpha value is -4.50. The predicted octanol–water partition coefficient (Wildman–Crippen LogP) is 5.50. The zero-order valence-electron chi connectivity index (χ0n) is 22.6. The number of carbonyl (C=O) groups excluding carboxylic acids is 1. The fourth-order valence-electron chi connectivity index (χ4n) is 5.40. The van der Waals surface area contributed by atoms with E-state index < -0.39 is 5.97 Å². The predicted molar refractivity (Wildman–Crippen MR) is 159 cm³/mol. The third kappa shape index (κ3) is 5.33. The molecular weight excluding hydrogens is 522 g/mol. The highest BCUT2D eigenvalue weighted by atomic mass is 32.1. The van der Waals surface area contributed by atoms with Gasteiger partial charge in [0, 0.05) is 41.9 Å². The number of amides is 1. The number of benzene rings is 2. The van der Waals surface area contributed by atoms with Crippen molar-refractivity contribution in [1.82, 2.24) is 19.8 Å². The smallest absolute Gasteiger partial charge is 0.335 e. The first kappa shape index (κ1) is 27.1. The summed E-state index contributed by atoms with van der Waals surface area (Å²) < 4.78 is 2.06. The number of nitrogens with zero attached hydrogens (tertiary/aromatic N) is 3. The van der Waals surface area contributed by atoms with Gasteiger partial charge in [-0.2, -0.15) is 0 Å². The first-order chi connectivity index (χ1) is 19.2. The van der Waals surface area contributed by atoms with Crippen LogP contribution in [0.25, 0.3) is 5.69 Å². The molecule has 1 saturated heterocycles. The van der Waals surface area contributed by atoms with Gasteiger partial charge in [0.2, 0.25) is 5.91 Å². The van der Waals surface area contributed by atoms with E-state index in [0.29, 0.717) is 11.7 Å². The fraction of sp³-hybridized carbons (Fsp3) is 0.226. The third-order valence-electron chi connectivity index (χ3n) is 7.34. The first-order valence-electron chi connectivity index (χ1n) is 13.1. The SMILES string of the molecule is Cc1ccccc1NC(=O)CCN1C(=S)N[C@H](c2ccccn2)[C@H]1c1cc(C)n(-c2cccc(C(=O)O)c2)c1C. The number of rotatable bonds is 8. The van der Waals surface area contributed by atoms with Crippen LogP contribution in [0.1, 0.15) is 57.1 Å². The fourth-order valence-corrected chi connectivity index (χ4v) is 5.73. The van der Waals surface area contributed by atoms with Crippen LogP contribution in [-0.2, 0) is 4.79 Å². The molecule has 1 amide bonds. The van der Waals surface area contributed by atoms with Crippen molar-refractivity contribution in [2.75, 3.05) is 11.9 Å². The number of anilines is 1. The summed E-state index contributed by atoms with van der Waals surface area (Å²) in [5, 5.41) is 16.5. The lowest BCUT2D eigenvalue weighted by Gasteiger charge is -2.28. The van der Waals surface area contributed by atoms with E-state index >= 15 is 0 Å². The molecule has 2 aromatic heterocycles. The molecule has 1 aliphatic heterocycles. The summed E-state index contributed by atoms with van der Waals surface area (Å²) in [5.74, 6) is -1.06. The molecule has 0 saturated carbocycles. The summed E-state index contributed by atoms with van der Waals surface area (Å²) in [7, 11) is 0. The normalized spacial score (nSPS) is 16.6. The number of carboxylic acid groups (broad SMARTS) is 1. The molecule has 5 rings (SSSR count). The molecule has 0 unspecified atom stereocenters. The van der Waals surface area contributed by atoms with E-state index in [1.165, 1.54) is 0 Å². The van der Waals surface area contributed by atoms with Gasteiger partial charge < -0.3 is 25.2 Å². The summed E-state index contributed by atoms with van der Waals surface area (Å²) in [5.41, 5.74) is 6.60.